The molecule has 0 radical (unpaired) electrons. The van der Waals surface area contributed by atoms with Crippen molar-refractivity contribution in [1.82, 2.24) is 15.0 Å². The Bertz CT molecular complexity index is 1240. The zero-order chi connectivity index (χ0) is 22.7. The van der Waals surface area contributed by atoms with Crippen LogP contribution in [0.5, 0.6) is 5.75 Å². The second kappa shape index (κ2) is 8.84. The molecule has 0 unspecified atom stereocenters. The van der Waals surface area contributed by atoms with Gasteiger partial charge in [0.1, 0.15) is 11.6 Å². The molecule has 0 aliphatic heterocycles. The van der Waals surface area contributed by atoms with E-state index in [4.69, 9.17) is 4.74 Å². The molecule has 0 spiro atoms. The van der Waals surface area contributed by atoms with E-state index in [2.05, 4.69) is 15.0 Å². The summed E-state index contributed by atoms with van der Waals surface area (Å²) in [4.78, 5) is 11.7. The molecular formula is C24H20F3N3O2. The number of pyridine rings is 1. The molecule has 164 valence electrons. The zero-order valence-corrected chi connectivity index (χ0v) is 17.1. The van der Waals surface area contributed by atoms with Crippen LogP contribution in [0, 0.1) is 0 Å². The van der Waals surface area contributed by atoms with Crippen LogP contribution in [0.3, 0.4) is 0 Å². The molecule has 5 nitrogen and oxygen atoms in total. The highest BCUT2D eigenvalue weighted by atomic mass is 19.4. The van der Waals surface area contributed by atoms with Crippen LogP contribution in [0.2, 0.25) is 0 Å². The molecule has 4 aromatic rings. The number of aliphatic hydroxyl groups excluding tert-OH is 1. The van der Waals surface area contributed by atoms with Crippen molar-refractivity contribution in [2.45, 2.75) is 12.6 Å². The Morgan fingerprint density at radius 2 is 1.81 bits per heavy atom. The molecule has 2 heterocycles. The number of nitrogens with one attached hydrogen (secondary N) is 1. The molecule has 0 atom stereocenters. The SMILES string of the molecule is COc1ccccc1-c1ccncc1-c1ncc(-c2cc(CCO)cc(C(F)(F)F)c2)[nH]1. The number of ether oxygens (including phenoxy) is 1. The van der Waals surface area contributed by atoms with Crippen molar-refractivity contribution in [3.05, 3.63) is 78.2 Å². The molecule has 0 aliphatic rings. The van der Waals surface area contributed by atoms with Crippen molar-refractivity contribution in [1.29, 1.82) is 0 Å². The number of nitrogens with zero attached hydrogens (tertiary/aromatic N) is 2. The fourth-order valence-electron chi connectivity index (χ4n) is 3.57. The minimum atomic E-state index is -4.50. The molecule has 0 amide bonds. The van der Waals surface area contributed by atoms with Gasteiger partial charge in [0.2, 0.25) is 0 Å². The molecule has 0 saturated carbocycles. The van der Waals surface area contributed by atoms with E-state index in [1.165, 1.54) is 6.20 Å². The van der Waals surface area contributed by atoms with E-state index >= 15 is 0 Å². The van der Waals surface area contributed by atoms with Crippen LogP contribution in [0.25, 0.3) is 33.8 Å². The summed E-state index contributed by atoms with van der Waals surface area (Å²) in [5.74, 6) is 1.15. The third-order valence-electron chi connectivity index (χ3n) is 5.08. The highest BCUT2D eigenvalue weighted by molar-refractivity contribution is 5.83. The molecule has 8 heteroatoms. The van der Waals surface area contributed by atoms with E-state index in [9.17, 15) is 18.3 Å². The molecule has 4 rings (SSSR count). The highest BCUT2D eigenvalue weighted by Gasteiger charge is 2.31. The maximum atomic E-state index is 13.4. The quantitative estimate of drug-likeness (QED) is 0.424. The van der Waals surface area contributed by atoms with Gasteiger partial charge in [-0.25, -0.2) is 4.98 Å². The molecule has 2 N–H and O–H groups in total. The number of aromatic amines is 1. The number of hydrogen-bond donors (Lipinski definition) is 2. The second-order valence-electron chi connectivity index (χ2n) is 7.16. The van der Waals surface area contributed by atoms with Gasteiger partial charge < -0.3 is 14.8 Å². The summed E-state index contributed by atoms with van der Waals surface area (Å²) in [5, 5.41) is 9.19. The number of methoxy groups -OCH3 is 1. The average molecular weight is 439 g/mol. The van der Waals surface area contributed by atoms with Crippen molar-refractivity contribution < 1.29 is 23.0 Å². The van der Waals surface area contributed by atoms with Crippen LogP contribution in [0.15, 0.2) is 67.1 Å². The summed E-state index contributed by atoms with van der Waals surface area (Å²) in [6.45, 7) is -0.243. The second-order valence-corrected chi connectivity index (χ2v) is 7.16. The maximum Gasteiger partial charge on any atom is 0.416 e. The Kier molecular flexibility index (Phi) is 5.96. The monoisotopic (exact) mass is 439 g/mol. The molecular weight excluding hydrogens is 419 g/mol. The number of halogens is 3. The number of hydrogen-bond acceptors (Lipinski definition) is 4. The molecule has 0 bridgehead atoms. The topological polar surface area (TPSA) is 71.0 Å². The van der Waals surface area contributed by atoms with Crippen molar-refractivity contribution in [3.63, 3.8) is 0 Å². The predicted octanol–water partition coefficient (Wildman–Crippen LogP) is 5.37. The van der Waals surface area contributed by atoms with E-state index in [-0.39, 0.29) is 13.0 Å². The van der Waals surface area contributed by atoms with Crippen LogP contribution in [0.1, 0.15) is 11.1 Å². The van der Waals surface area contributed by atoms with E-state index in [0.717, 1.165) is 23.3 Å². The van der Waals surface area contributed by atoms with Gasteiger partial charge in [-0.05, 0) is 47.9 Å². The van der Waals surface area contributed by atoms with E-state index in [0.29, 0.717) is 34.0 Å². The van der Waals surface area contributed by atoms with Gasteiger partial charge in [-0.3, -0.25) is 4.98 Å². The minimum absolute atomic E-state index is 0.123. The standard InChI is InChI=1S/C24H20F3N3O2/c1-32-22-5-3-2-4-19(22)18-6-8-28-13-20(18)23-29-14-21(30-23)16-10-15(7-9-31)11-17(12-16)24(25,26)27/h2-6,8,10-14,31H,7,9H2,1H3,(H,29,30). The Hall–Kier alpha value is -3.65. The number of alkyl halides is 3. The summed E-state index contributed by atoms with van der Waals surface area (Å²) in [6.07, 6.45) is 0.422. The fourth-order valence-corrected chi connectivity index (χ4v) is 3.57. The van der Waals surface area contributed by atoms with Crippen LogP contribution in [-0.2, 0) is 12.6 Å². The average Bonchev–Trinajstić information content (AvgIpc) is 3.29. The van der Waals surface area contributed by atoms with Crippen LogP contribution in [-0.4, -0.2) is 33.8 Å². The largest absolute Gasteiger partial charge is 0.496 e. The number of aromatic nitrogens is 3. The summed E-state index contributed by atoms with van der Waals surface area (Å²) in [5.41, 5.74) is 2.74. The van der Waals surface area contributed by atoms with Gasteiger partial charge >= 0.3 is 6.18 Å². The Balaban J connectivity index is 1.79. The van der Waals surface area contributed by atoms with Crippen molar-refractivity contribution in [2.75, 3.05) is 13.7 Å². The number of rotatable bonds is 6. The number of imidazole rings is 1. The first kappa shape index (κ1) is 21.6. The van der Waals surface area contributed by atoms with Crippen LogP contribution in [0.4, 0.5) is 13.2 Å². The fraction of sp³-hybridized carbons (Fsp3) is 0.167. The van der Waals surface area contributed by atoms with Gasteiger partial charge in [-0.15, -0.1) is 0 Å². The Morgan fingerprint density at radius 1 is 1.00 bits per heavy atom. The third-order valence-corrected chi connectivity index (χ3v) is 5.08. The van der Waals surface area contributed by atoms with Gasteiger partial charge in [0.05, 0.1) is 24.6 Å². The Morgan fingerprint density at radius 3 is 2.56 bits per heavy atom. The number of H-pyrrole nitrogens is 1. The summed E-state index contributed by atoms with van der Waals surface area (Å²) < 4.78 is 45.6. The summed E-state index contributed by atoms with van der Waals surface area (Å²) in [6, 6.07) is 13.1. The number of aliphatic hydroxyl groups is 1. The van der Waals surface area contributed by atoms with Gasteiger partial charge in [0, 0.05) is 35.7 Å². The van der Waals surface area contributed by atoms with E-state index in [1.54, 1.807) is 25.6 Å². The third kappa shape index (κ3) is 4.36. The zero-order valence-electron chi connectivity index (χ0n) is 17.1. The van der Waals surface area contributed by atoms with Gasteiger partial charge in [0.25, 0.3) is 0 Å². The minimum Gasteiger partial charge on any atom is -0.496 e. The summed E-state index contributed by atoms with van der Waals surface area (Å²) in [7, 11) is 1.59. The van der Waals surface area contributed by atoms with Gasteiger partial charge in [0.15, 0.2) is 0 Å². The smallest absolute Gasteiger partial charge is 0.416 e. The van der Waals surface area contributed by atoms with Gasteiger partial charge in [-0.2, -0.15) is 13.2 Å². The predicted molar refractivity (Wildman–Crippen MR) is 115 cm³/mol. The molecule has 0 fully saturated rings. The molecule has 2 aromatic carbocycles. The normalized spacial score (nSPS) is 11.5. The lowest BCUT2D eigenvalue weighted by Crippen LogP contribution is -2.06. The maximum absolute atomic E-state index is 13.4. The first-order valence-corrected chi connectivity index (χ1v) is 9.86. The van der Waals surface area contributed by atoms with Crippen molar-refractivity contribution in [2.24, 2.45) is 0 Å². The van der Waals surface area contributed by atoms with E-state index in [1.807, 2.05) is 30.3 Å². The Labute approximate surface area is 182 Å². The van der Waals surface area contributed by atoms with Gasteiger partial charge in [-0.1, -0.05) is 18.2 Å². The van der Waals surface area contributed by atoms with Crippen molar-refractivity contribution in [3.8, 4) is 39.5 Å². The molecule has 32 heavy (non-hydrogen) atoms. The molecule has 0 saturated heterocycles. The molecule has 2 aromatic heterocycles. The highest BCUT2D eigenvalue weighted by Crippen LogP contribution is 2.37. The van der Waals surface area contributed by atoms with Crippen molar-refractivity contribution >= 4 is 0 Å². The first-order valence-electron chi connectivity index (χ1n) is 9.86. The number of para-hydroxylation sites is 1. The first-order chi connectivity index (χ1) is 15.4. The van der Waals surface area contributed by atoms with Crippen LogP contribution < -0.4 is 4.74 Å². The lowest BCUT2D eigenvalue weighted by atomic mass is 10.0. The van der Waals surface area contributed by atoms with Crippen LogP contribution >= 0.6 is 0 Å². The lowest BCUT2D eigenvalue weighted by Gasteiger charge is -2.12. The lowest BCUT2D eigenvalue weighted by molar-refractivity contribution is -0.137. The van der Waals surface area contributed by atoms with E-state index < -0.39 is 11.7 Å². The summed E-state index contributed by atoms with van der Waals surface area (Å²) >= 11 is 0. The molecule has 0 aliphatic carbocycles. The number of benzene rings is 2.